The number of anilines is 1. The summed E-state index contributed by atoms with van der Waals surface area (Å²) < 4.78 is 0. The highest BCUT2D eigenvalue weighted by Gasteiger charge is 2.12. The number of thioether (sulfide) groups is 1. The van der Waals surface area contributed by atoms with Gasteiger partial charge in [0.05, 0.1) is 6.04 Å². The molecule has 0 fully saturated rings. The third-order valence-corrected chi connectivity index (χ3v) is 4.16. The summed E-state index contributed by atoms with van der Waals surface area (Å²) in [5, 5.41) is 6.79. The van der Waals surface area contributed by atoms with Crippen LogP contribution in [-0.2, 0) is 4.79 Å². The Balaban J connectivity index is 2.34. The first-order chi connectivity index (χ1) is 9.02. The van der Waals surface area contributed by atoms with Gasteiger partial charge in [-0.3, -0.25) is 4.79 Å². The lowest BCUT2D eigenvalue weighted by Gasteiger charge is -2.15. The van der Waals surface area contributed by atoms with E-state index in [9.17, 15) is 4.79 Å². The largest absolute Gasteiger partial charge is 0.325 e. The minimum atomic E-state index is -0.171. The van der Waals surface area contributed by atoms with Gasteiger partial charge in [-0.2, -0.15) is 11.8 Å². The number of hydrogen-bond donors (Lipinski definition) is 2. The Kier molecular flexibility index (Phi) is 6.95. The molecule has 0 aliphatic carbocycles. The van der Waals surface area contributed by atoms with Gasteiger partial charge in [0.15, 0.2) is 0 Å². The van der Waals surface area contributed by atoms with Crippen LogP contribution in [0.4, 0.5) is 5.69 Å². The molecule has 0 bridgehead atoms. The fraction of sp³-hybridized carbons (Fsp3) is 0.533. The molecular weight excluding hydrogens is 256 g/mol. The number of amides is 1. The van der Waals surface area contributed by atoms with Crippen molar-refractivity contribution in [3.8, 4) is 0 Å². The van der Waals surface area contributed by atoms with Crippen LogP contribution in [0, 0.1) is 6.92 Å². The van der Waals surface area contributed by atoms with Gasteiger partial charge in [0.25, 0.3) is 0 Å². The molecular formula is C15H24N2OS. The second-order valence-corrected chi connectivity index (χ2v) is 6.14. The van der Waals surface area contributed by atoms with Crippen LogP contribution < -0.4 is 10.6 Å². The van der Waals surface area contributed by atoms with Crippen LogP contribution in [0.25, 0.3) is 0 Å². The van der Waals surface area contributed by atoms with Crippen molar-refractivity contribution in [2.45, 2.75) is 38.5 Å². The summed E-state index contributed by atoms with van der Waals surface area (Å²) in [6, 6.07) is 7.67. The highest BCUT2D eigenvalue weighted by molar-refractivity contribution is 7.99. The smallest absolute Gasteiger partial charge is 0.241 e. The molecule has 106 valence electrons. The fourth-order valence-corrected chi connectivity index (χ4v) is 1.95. The van der Waals surface area contributed by atoms with Gasteiger partial charge >= 0.3 is 0 Å². The fourth-order valence-electron chi connectivity index (χ4n) is 1.60. The van der Waals surface area contributed by atoms with Crippen LogP contribution in [0.1, 0.15) is 25.8 Å². The van der Waals surface area contributed by atoms with Gasteiger partial charge in [0.2, 0.25) is 5.91 Å². The lowest BCUT2D eigenvalue weighted by atomic mass is 10.2. The zero-order valence-electron chi connectivity index (χ0n) is 12.2. The summed E-state index contributed by atoms with van der Waals surface area (Å²) in [6.45, 7) is 6.99. The van der Waals surface area contributed by atoms with Crippen molar-refractivity contribution in [3.63, 3.8) is 0 Å². The average Bonchev–Trinajstić information content (AvgIpc) is 2.40. The van der Waals surface area contributed by atoms with Crippen molar-refractivity contribution < 1.29 is 4.79 Å². The molecule has 1 amide bonds. The Morgan fingerprint density at radius 3 is 2.47 bits per heavy atom. The van der Waals surface area contributed by atoms with Crippen LogP contribution in [0.2, 0.25) is 0 Å². The third kappa shape index (κ3) is 6.12. The van der Waals surface area contributed by atoms with Gasteiger partial charge in [-0.05, 0) is 45.2 Å². The molecule has 0 saturated heterocycles. The highest BCUT2D eigenvalue weighted by atomic mass is 32.2. The molecule has 2 N–H and O–H groups in total. The highest BCUT2D eigenvalue weighted by Crippen LogP contribution is 2.10. The van der Waals surface area contributed by atoms with Gasteiger partial charge in [0.1, 0.15) is 0 Å². The molecule has 0 spiro atoms. The molecule has 2 atom stereocenters. The maximum atomic E-state index is 12.0. The molecule has 0 aromatic heterocycles. The molecule has 4 heteroatoms. The number of carbonyl (C=O) groups excluding carboxylic acids is 1. The summed E-state index contributed by atoms with van der Waals surface area (Å²) in [5.74, 6) is 0.0145. The number of aryl methyl sites for hydroxylation is 1. The van der Waals surface area contributed by atoms with Crippen molar-refractivity contribution in [2.75, 3.05) is 18.1 Å². The minimum Gasteiger partial charge on any atom is -0.325 e. The van der Waals surface area contributed by atoms with E-state index in [-0.39, 0.29) is 11.9 Å². The molecule has 3 nitrogen and oxygen atoms in total. The Bertz CT molecular complexity index is 392. The van der Waals surface area contributed by atoms with Crippen molar-refractivity contribution in [2.24, 2.45) is 0 Å². The first-order valence-electron chi connectivity index (χ1n) is 6.66. The summed E-state index contributed by atoms with van der Waals surface area (Å²) in [6.07, 6.45) is 3.18. The SMILES string of the molecule is CSC(C)CCNC(C)C(=O)Nc1ccc(C)cc1. The lowest BCUT2D eigenvalue weighted by molar-refractivity contribution is -0.117. The standard InChI is InChI=1S/C15H24N2OS/c1-11-5-7-14(8-6-11)17-15(18)13(3)16-10-9-12(2)19-4/h5-8,12-13,16H,9-10H2,1-4H3,(H,17,18). The number of benzene rings is 1. The summed E-state index contributed by atoms with van der Waals surface area (Å²) in [7, 11) is 0. The Labute approximate surface area is 120 Å². The minimum absolute atomic E-state index is 0.0145. The molecule has 1 aromatic rings. The number of hydrogen-bond acceptors (Lipinski definition) is 3. The molecule has 1 aromatic carbocycles. The maximum Gasteiger partial charge on any atom is 0.241 e. The van der Waals surface area contributed by atoms with E-state index in [4.69, 9.17) is 0 Å². The van der Waals surface area contributed by atoms with Crippen molar-refractivity contribution in [3.05, 3.63) is 29.8 Å². The lowest BCUT2D eigenvalue weighted by Crippen LogP contribution is -2.39. The predicted molar refractivity (Wildman–Crippen MR) is 84.9 cm³/mol. The molecule has 2 unspecified atom stereocenters. The van der Waals surface area contributed by atoms with Crippen LogP contribution >= 0.6 is 11.8 Å². The van der Waals surface area contributed by atoms with Gasteiger partial charge in [-0.1, -0.05) is 24.6 Å². The van der Waals surface area contributed by atoms with E-state index in [1.807, 2.05) is 49.9 Å². The summed E-state index contributed by atoms with van der Waals surface area (Å²) >= 11 is 1.85. The van der Waals surface area contributed by atoms with Gasteiger partial charge < -0.3 is 10.6 Å². The maximum absolute atomic E-state index is 12.0. The summed E-state index contributed by atoms with van der Waals surface area (Å²) in [4.78, 5) is 12.0. The molecule has 1 rings (SSSR count). The van der Waals surface area contributed by atoms with E-state index in [0.717, 1.165) is 18.7 Å². The van der Waals surface area contributed by atoms with Gasteiger partial charge in [-0.15, -0.1) is 0 Å². The molecule has 0 saturated carbocycles. The van der Waals surface area contributed by atoms with Crippen LogP contribution in [-0.4, -0.2) is 30.0 Å². The van der Waals surface area contributed by atoms with E-state index in [0.29, 0.717) is 5.25 Å². The third-order valence-electron chi connectivity index (χ3n) is 3.12. The summed E-state index contributed by atoms with van der Waals surface area (Å²) in [5.41, 5.74) is 2.04. The monoisotopic (exact) mass is 280 g/mol. The topological polar surface area (TPSA) is 41.1 Å². The van der Waals surface area contributed by atoms with E-state index >= 15 is 0 Å². The van der Waals surface area contributed by atoms with Crippen molar-refractivity contribution in [1.29, 1.82) is 0 Å². The van der Waals surface area contributed by atoms with Crippen molar-refractivity contribution >= 4 is 23.4 Å². The van der Waals surface area contributed by atoms with Crippen molar-refractivity contribution in [1.82, 2.24) is 5.32 Å². The molecule has 0 heterocycles. The molecule has 0 aliphatic rings. The van der Waals surface area contributed by atoms with Crippen LogP contribution in [0.5, 0.6) is 0 Å². The van der Waals surface area contributed by atoms with E-state index in [2.05, 4.69) is 23.8 Å². The van der Waals surface area contributed by atoms with E-state index in [1.54, 1.807) is 0 Å². The zero-order valence-corrected chi connectivity index (χ0v) is 13.0. The second kappa shape index (κ2) is 8.23. The molecule has 0 aliphatic heterocycles. The molecule has 0 radical (unpaired) electrons. The first kappa shape index (κ1) is 16.1. The predicted octanol–water partition coefficient (Wildman–Crippen LogP) is 3.05. The number of carbonyl (C=O) groups is 1. The van der Waals surface area contributed by atoms with Gasteiger partial charge in [-0.25, -0.2) is 0 Å². The molecule has 19 heavy (non-hydrogen) atoms. The number of rotatable bonds is 7. The normalized spacial score (nSPS) is 13.9. The first-order valence-corrected chi connectivity index (χ1v) is 7.95. The van der Waals surface area contributed by atoms with E-state index < -0.39 is 0 Å². The zero-order chi connectivity index (χ0) is 14.3. The Morgan fingerprint density at radius 2 is 1.89 bits per heavy atom. The average molecular weight is 280 g/mol. The number of nitrogens with one attached hydrogen (secondary N) is 2. The Morgan fingerprint density at radius 1 is 1.26 bits per heavy atom. The second-order valence-electron chi connectivity index (χ2n) is 4.87. The quantitative estimate of drug-likeness (QED) is 0.806. The van der Waals surface area contributed by atoms with E-state index in [1.165, 1.54) is 5.56 Å². The van der Waals surface area contributed by atoms with Crippen LogP contribution in [0.15, 0.2) is 24.3 Å². The van der Waals surface area contributed by atoms with Gasteiger partial charge in [0, 0.05) is 10.9 Å². The Hall–Kier alpha value is -1.00. The van der Waals surface area contributed by atoms with Crippen LogP contribution in [0.3, 0.4) is 0 Å².